The van der Waals surface area contributed by atoms with E-state index in [1.165, 1.54) is 0 Å². The topological polar surface area (TPSA) is 32.3 Å². The van der Waals surface area contributed by atoms with Crippen molar-refractivity contribution in [1.82, 2.24) is 10.2 Å². The van der Waals surface area contributed by atoms with Gasteiger partial charge in [0.25, 0.3) is 0 Å². The number of carbonyl (C=O) groups excluding carboxylic acids is 1. The molecular formula is C12H22N2O. The van der Waals surface area contributed by atoms with Gasteiger partial charge in [-0.15, -0.1) is 0 Å². The summed E-state index contributed by atoms with van der Waals surface area (Å²) in [5.41, 5.74) is 0. The summed E-state index contributed by atoms with van der Waals surface area (Å²) in [5.74, 6) is 1.36. The van der Waals surface area contributed by atoms with E-state index < -0.39 is 0 Å². The van der Waals surface area contributed by atoms with E-state index in [2.05, 4.69) is 31.0 Å². The minimum atomic E-state index is 0.360. The summed E-state index contributed by atoms with van der Waals surface area (Å²) in [6.07, 6.45) is 2.23. The first-order chi connectivity index (χ1) is 7.09. The molecule has 2 rings (SSSR count). The van der Waals surface area contributed by atoms with Gasteiger partial charge < -0.3 is 10.2 Å². The molecule has 0 spiro atoms. The molecule has 0 bridgehead atoms. The molecule has 1 aliphatic carbocycles. The molecule has 1 aliphatic heterocycles. The van der Waals surface area contributed by atoms with Crippen molar-refractivity contribution in [3.8, 4) is 0 Å². The SMILES string of the molecule is CC(C)C1CN(C(=O)C2CC2)C(C)CN1. The van der Waals surface area contributed by atoms with Gasteiger partial charge in [0.1, 0.15) is 0 Å². The van der Waals surface area contributed by atoms with Gasteiger partial charge in [-0.05, 0) is 25.7 Å². The Labute approximate surface area is 92.2 Å². The third kappa shape index (κ3) is 2.33. The van der Waals surface area contributed by atoms with Crippen molar-refractivity contribution in [1.29, 1.82) is 0 Å². The van der Waals surface area contributed by atoms with Crippen molar-refractivity contribution in [3.63, 3.8) is 0 Å². The van der Waals surface area contributed by atoms with Crippen molar-refractivity contribution in [2.24, 2.45) is 11.8 Å². The zero-order chi connectivity index (χ0) is 11.0. The first-order valence-electron chi connectivity index (χ1n) is 6.13. The molecular weight excluding hydrogens is 188 g/mol. The van der Waals surface area contributed by atoms with Gasteiger partial charge in [0.05, 0.1) is 0 Å². The average Bonchev–Trinajstić information content (AvgIpc) is 3.00. The van der Waals surface area contributed by atoms with Crippen LogP contribution in [0.3, 0.4) is 0 Å². The summed E-state index contributed by atoms with van der Waals surface area (Å²) in [4.78, 5) is 14.1. The Kier molecular flexibility index (Phi) is 3.01. The second kappa shape index (κ2) is 4.12. The summed E-state index contributed by atoms with van der Waals surface area (Å²) in [7, 11) is 0. The maximum Gasteiger partial charge on any atom is 0.226 e. The Morgan fingerprint density at radius 3 is 2.60 bits per heavy atom. The molecule has 0 radical (unpaired) electrons. The predicted molar refractivity (Wildman–Crippen MR) is 60.5 cm³/mol. The third-order valence-electron chi connectivity index (χ3n) is 3.62. The number of piperazine rings is 1. The monoisotopic (exact) mass is 210 g/mol. The van der Waals surface area contributed by atoms with Crippen molar-refractivity contribution in [2.45, 2.75) is 45.7 Å². The van der Waals surface area contributed by atoms with E-state index in [1.54, 1.807) is 0 Å². The molecule has 1 amide bonds. The molecule has 1 heterocycles. The second-order valence-electron chi connectivity index (χ2n) is 5.37. The van der Waals surface area contributed by atoms with Gasteiger partial charge in [-0.2, -0.15) is 0 Å². The number of carbonyl (C=O) groups is 1. The molecule has 0 aromatic carbocycles. The average molecular weight is 210 g/mol. The molecule has 0 aromatic heterocycles. The van der Waals surface area contributed by atoms with E-state index in [0.717, 1.165) is 25.9 Å². The molecule has 15 heavy (non-hydrogen) atoms. The molecule has 0 aromatic rings. The van der Waals surface area contributed by atoms with Crippen LogP contribution < -0.4 is 5.32 Å². The standard InChI is InChI=1S/C12H22N2O/c1-8(2)11-7-14(9(3)6-13-11)12(15)10-4-5-10/h8-11,13H,4-7H2,1-3H3. The van der Waals surface area contributed by atoms with Crippen LogP contribution in [0.2, 0.25) is 0 Å². The number of nitrogens with zero attached hydrogens (tertiary/aromatic N) is 1. The van der Waals surface area contributed by atoms with Crippen LogP contribution >= 0.6 is 0 Å². The van der Waals surface area contributed by atoms with Gasteiger partial charge >= 0.3 is 0 Å². The van der Waals surface area contributed by atoms with Crippen LogP contribution in [0, 0.1) is 11.8 Å². The summed E-state index contributed by atoms with van der Waals surface area (Å²) >= 11 is 0. The van der Waals surface area contributed by atoms with Crippen LogP contribution in [0.1, 0.15) is 33.6 Å². The summed E-state index contributed by atoms with van der Waals surface area (Å²) < 4.78 is 0. The lowest BCUT2D eigenvalue weighted by molar-refractivity contribution is -0.136. The Hall–Kier alpha value is -0.570. The van der Waals surface area contributed by atoms with Gasteiger partial charge in [-0.1, -0.05) is 13.8 Å². The molecule has 86 valence electrons. The minimum absolute atomic E-state index is 0.360. The van der Waals surface area contributed by atoms with E-state index in [9.17, 15) is 4.79 Å². The highest BCUT2D eigenvalue weighted by molar-refractivity contribution is 5.81. The van der Waals surface area contributed by atoms with Crippen LogP contribution in [0.5, 0.6) is 0 Å². The second-order valence-corrected chi connectivity index (χ2v) is 5.37. The summed E-state index contributed by atoms with van der Waals surface area (Å²) in [6.45, 7) is 8.42. The van der Waals surface area contributed by atoms with Crippen molar-refractivity contribution < 1.29 is 4.79 Å². The quantitative estimate of drug-likeness (QED) is 0.744. The van der Waals surface area contributed by atoms with Gasteiger partial charge in [0.15, 0.2) is 0 Å². The summed E-state index contributed by atoms with van der Waals surface area (Å²) in [6, 6.07) is 0.844. The van der Waals surface area contributed by atoms with E-state index in [4.69, 9.17) is 0 Å². The third-order valence-corrected chi connectivity index (χ3v) is 3.62. The fourth-order valence-electron chi connectivity index (χ4n) is 2.21. The first-order valence-corrected chi connectivity index (χ1v) is 6.13. The smallest absolute Gasteiger partial charge is 0.226 e. The molecule has 3 nitrogen and oxygen atoms in total. The van der Waals surface area contributed by atoms with E-state index in [-0.39, 0.29) is 0 Å². The highest BCUT2D eigenvalue weighted by Gasteiger charge is 2.38. The van der Waals surface area contributed by atoms with Crippen molar-refractivity contribution >= 4 is 5.91 Å². The van der Waals surface area contributed by atoms with Gasteiger partial charge in [0, 0.05) is 31.1 Å². The molecule has 1 saturated carbocycles. The number of hydrogen-bond donors (Lipinski definition) is 1. The Balaban J connectivity index is 1.98. The molecule has 2 atom stereocenters. The normalized spacial score (nSPS) is 32.1. The van der Waals surface area contributed by atoms with Crippen LogP contribution in [0.15, 0.2) is 0 Å². The van der Waals surface area contributed by atoms with Crippen LogP contribution in [-0.2, 0) is 4.79 Å². The number of rotatable bonds is 2. The lowest BCUT2D eigenvalue weighted by atomic mass is 9.99. The highest BCUT2D eigenvalue weighted by atomic mass is 16.2. The van der Waals surface area contributed by atoms with Crippen molar-refractivity contribution in [2.75, 3.05) is 13.1 Å². The van der Waals surface area contributed by atoms with E-state index in [1.807, 2.05) is 0 Å². The maximum absolute atomic E-state index is 12.0. The largest absolute Gasteiger partial charge is 0.337 e. The van der Waals surface area contributed by atoms with Crippen LogP contribution in [-0.4, -0.2) is 36.0 Å². The van der Waals surface area contributed by atoms with Gasteiger partial charge in [-0.25, -0.2) is 0 Å². The number of hydrogen-bond acceptors (Lipinski definition) is 2. The minimum Gasteiger partial charge on any atom is -0.337 e. The first kappa shape index (κ1) is 10.9. The Bertz CT molecular complexity index is 248. The lowest BCUT2D eigenvalue weighted by Crippen LogP contribution is -2.59. The Morgan fingerprint density at radius 2 is 2.07 bits per heavy atom. The predicted octanol–water partition coefficient (Wildman–Crippen LogP) is 1.24. The maximum atomic E-state index is 12.0. The molecule has 2 fully saturated rings. The van der Waals surface area contributed by atoms with E-state index in [0.29, 0.717) is 29.8 Å². The zero-order valence-corrected chi connectivity index (χ0v) is 9.99. The fourth-order valence-corrected chi connectivity index (χ4v) is 2.21. The van der Waals surface area contributed by atoms with Gasteiger partial charge in [0.2, 0.25) is 5.91 Å². The van der Waals surface area contributed by atoms with Gasteiger partial charge in [-0.3, -0.25) is 4.79 Å². The van der Waals surface area contributed by atoms with Crippen LogP contribution in [0.25, 0.3) is 0 Å². The Morgan fingerprint density at radius 1 is 1.40 bits per heavy atom. The fraction of sp³-hybridized carbons (Fsp3) is 0.917. The van der Waals surface area contributed by atoms with Crippen LogP contribution in [0.4, 0.5) is 0 Å². The number of nitrogens with one attached hydrogen (secondary N) is 1. The summed E-state index contributed by atoms with van der Waals surface area (Å²) in [5, 5.41) is 3.52. The molecule has 1 N–H and O–H groups in total. The lowest BCUT2D eigenvalue weighted by Gasteiger charge is -2.40. The molecule has 2 unspecified atom stereocenters. The van der Waals surface area contributed by atoms with E-state index >= 15 is 0 Å². The highest BCUT2D eigenvalue weighted by Crippen LogP contribution is 2.32. The zero-order valence-electron chi connectivity index (χ0n) is 9.99. The molecule has 1 saturated heterocycles. The number of amides is 1. The molecule has 3 heteroatoms. The van der Waals surface area contributed by atoms with Crippen molar-refractivity contribution in [3.05, 3.63) is 0 Å². The molecule has 2 aliphatic rings.